The van der Waals surface area contributed by atoms with Crippen molar-refractivity contribution in [2.75, 3.05) is 11.9 Å². The minimum absolute atomic E-state index is 0. The zero-order valence-corrected chi connectivity index (χ0v) is 15.2. The molecule has 1 unspecified atom stereocenters. The highest BCUT2D eigenvalue weighted by molar-refractivity contribution is 9.10. The first-order valence-electron chi connectivity index (χ1n) is 7.50. The third kappa shape index (κ3) is 4.78. The molecule has 5 nitrogen and oxygen atoms in total. The first-order valence-corrected chi connectivity index (χ1v) is 8.29. The Morgan fingerprint density at radius 2 is 2.25 bits per heavy atom. The molecular weight excluding hydrogens is 401 g/mol. The van der Waals surface area contributed by atoms with Gasteiger partial charge in [0.25, 0.3) is 0 Å². The molecule has 1 fully saturated rings. The number of aryl methyl sites for hydroxylation is 1. The van der Waals surface area contributed by atoms with Crippen molar-refractivity contribution in [1.29, 1.82) is 0 Å². The van der Waals surface area contributed by atoms with Crippen LogP contribution in [0, 0.1) is 5.82 Å². The summed E-state index contributed by atoms with van der Waals surface area (Å²) in [5.74, 6) is -0.684. The van der Waals surface area contributed by atoms with E-state index in [1.54, 1.807) is 12.3 Å². The van der Waals surface area contributed by atoms with E-state index in [9.17, 15) is 9.50 Å². The summed E-state index contributed by atoms with van der Waals surface area (Å²) in [5, 5.41) is 12.2. The second kappa shape index (κ2) is 8.60. The fraction of sp³-hybridized carbons (Fsp3) is 0.375. The zero-order valence-electron chi connectivity index (χ0n) is 12.8. The van der Waals surface area contributed by atoms with E-state index in [4.69, 9.17) is 4.74 Å². The lowest BCUT2D eigenvalue weighted by Crippen LogP contribution is -2.08. The van der Waals surface area contributed by atoms with Gasteiger partial charge >= 0.3 is 0 Å². The van der Waals surface area contributed by atoms with Crippen LogP contribution in [-0.4, -0.2) is 27.8 Å². The largest absolute Gasteiger partial charge is 0.505 e. The monoisotopic (exact) mass is 417 g/mol. The minimum atomic E-state index is -0.689. The highest BCUT2D eigenvalue weighted by atomic mass is 79.9. The van der Waals surface area contributed by atoms with E-state index in [0.29, 0.717) is 17.7 Å². The Hall–Kier alpha value is -1.44. The molecule has 1 aliphatic rings. The van der Waals surface area contributed by atoms with Crippen molar-refractivity contribution in [2.45, 2.75) is 31.8 Å². The van der Waals surface area contributed by atoms with E-state index in [0.717, 1.165) is 42.5 Å². The fourth-order valence-electron chi connectivity index (χ4n) is 2.52. The van der Waals surface area contributed by atoms with Gasteiger partial charge in [-0.3, -0.25) is 0 Å². The maximum Gasteiger partial charge on any atom is 0.227 e. The smallest absolute Gasteiger partial charge is 0.227 e. The summed E-state index contributed by atoms with van der Waals surface area (Å²) < 4.78 is 19.8. The van der Waals surface area contributed by atoms with Crippen LogP contribution in [-0.2, 0) is 11.2 Å². The summed E-state index contributed by atoms with van der Waals surface area (Å²) >= 11 is 3.46. The molecule has 24 heavy (non-hydrogen) atoms. The maximum atomic E-state index is 13.4. The van der Waals surface area contributed by atoms with Gasteiger partial charge in [-0.25, -0.2) is 14.4 Å². The number of anilines is 2. The van der Waals surface area contributed by atoms with Gasteiger partial charge in [0, 0.05) is 24.6 Å². The van der Waals surface area contributed by atoms with Gasteiger partial charge in [0.1, 0.15) is 0 Å². The average Bonchev–Trinajstić information content (AvgIpc) is 3.05. The Balaban J connectivity index is 0.00000208. The van der Waals surface area contributed by atoms with Crippen LogP contribution < -0.4 is 5.32 Å². The van der Waals surface area contributed by atoms with Crippen LogP contribution in [0.4, 0.5) is 16.0 Å². The Morgan fingerprint density at radius 3 is 2.96 bits per heavy atom. The van der Waals surface area contributed by atoms with E-state index >= 15 is 0 Å². The number of aromatic hydroxyl groups is 1. The molecule has 0 amide bonds. The molecule has 1 aromatic heterocycles. The molecule has 2 N–H and O–H groups in total. The average molecular weight is 419 g/mol. The van der Waals surface area contributed by atoms with Gasteiger partial charge in [0.15, 0.2) is 11.6 Å². The molecule has 1 aromatic carbocycles. The van der Waals surface area contributed by atoms with Gasteiger partial charge in [0.05, 0.1) is 16.3 Å². The number of ether oxygens (including phenoxy) is 1. The summed E-state index contributed by atoms with van der Waals surface area (Å²) in [6, 6.07) is 4.05. The molecule has 8 heteroatoms. The maximum absolute atomic E-state index is 13.4. The Morgan fingerprint density at radius 1 is 1.42 bits per heavy atom. The van der Waals surface area contributed by atoms with Gasteiger partial charge in [-0.15, -0.1) is 12.4 Å². The number of phenolic OH excluding ortho intramolecular Hbond substituents is 1. The van der Waals surface area contributed by atoms with E-state index in [1.807, 2.05) is 0 Å². The van der Waals surface area contributed by atoms with Crippen LogP contribution in [0.15, 0.2) is 28.9 Å². The molecule has 3 rings (SSSR count). The first-order chi connectivity index (χ1) is 11.1. The number of halogens is 3. The van der Waals surface area contributed by atoms with E-state index in [1.165, 1.54) is 12.1 Å². The standard InChI is InChI=1S/C16H17BrFN3O2.ClH/c17-12-9-19-16(20-10-3-6-15(22)13(18)8-10)21-14(12)5-4-11-2-1-7-23-11;/h3,6,8-9,11,22H,1-2,4-5,7H2,(H,19,20,21);1H. The quantitative estimate of drug-likeness (QED) is 0.706. The predicted octanol–water partition coefficient (Wildman–Crippen LogP) is 4.36. The molecule has 0 spiro atoms. The van der Waals surface area contributed by atoms with Crippen LogP contribution in [0.3, 0.4) is 0 Å². The zero-order chi connectivity index (χ0) is 16.2. The molecule has 1 saturated heterocycles. The van der Waals surface area contributed by atoms with Crippen LogP contribution in [0.2, 0.25) is 0 Å². The van der Waals surface area contributed by atoms with Crippen molar-refractivity contribution >= 4 is 40.0 Å². The van der Waals surface area contributed by atoms with Crippen molar-refractivity contribution < 1.29 is 14.2 Å². The Kier molecular flexibility index (Phi) is 6.77. The lowest BCUT2D eigenvalue weighted by atomic mass is 10.1. The van der Waals surface area contributed by atoms with Crippen molar-refractivity contribution in [1.82, 2.24) is 9.97 Å². The molecular formula is C16H18BrClFN3O2. The number of rotatable bonds is 5. The molecule has 0 bridgehead atoms. The lowest BCUT2D eigenvalue weighted by Gasteiger charge is -2.11. The number of aromatic nitrogens is 2. The summed E-state index contributed by atoms with van der Waals surface area (Å²) in [7, 11) is 0. The number of phenols is 1. The lowest BCUT2D eigenvalue weighted by molar-refractivity contribution is 0.104. The SMILES string of the molecule is Cl.Oc1ccc(Nc2ncc(Br)c(CCC3CCCO3)n2)cc1F. The van der Waals surface area contributed by atoms with Crippen LogP contribution in [0.1, 0.15) is 25.0 Å². The first kappa shape index (κ1) is 18.9. The molecule has 2 heterocycles. The molecule has 0 saturated carbocycles. The third-order valence-electron chi connectivity index (χ3n) is 3.75. The summed E-state index contributed by atoms with van der Waals surface area (Å²) in [5.41, 5.74) is 1.37. The Labute approximate surface area is 154 Å². The number of benzene rings is 1. The molecule has 2 aromatic rings. The van der Waals surface area contributed by atoms with E-state index in [-0.39, 0.29) is 18.2 Å². The summed E-state index contributed by atoms with van der Waals surface area (Å²) in [4.78, 5) is 8.65. The van der Waals surface area contributed by atoms with E-state index < -0.39 is 5.82 Å². The van der Waals surface area contributed by atoms with Crippen LogP contribution >= 0.6 is 28.3 Å². The molecule has 0 radical (unpaired) electrons. The predicted molar refractivity (Wildman–Crippen MR) is 95.6 cm³/mol. The van der Waals surface area contributed by atoms with Crippen molar-refractivity contribution in [3.63, 3.8) is 0 Å². The van der Waals surface area contributed by atoms with E-state index in [2.05, 4.69) is 31.2 Å². The van der Waals surface area contributed by atoms with Crippen LogP contribution in [0.25, 0.3) is 0 Å². The van der Waals surface area contributed by atoms with Crippen molar-refractivity contribution in [3.05, 3.63) is 40.4 Å². The highest BCUT2D eigenvalue weighted by Crippen LogP contribution is 2.24. The fourth-order valence-corrected chi connectivity index (χ4v) is 2.91. The van der Waals surface area contributed by atoms with Gasteiger partial charge in [-0.1, -0.05) is 0 Å². The second-order valence-electron chi connectivity index (χ2n) is 5.45. The highest BCUT2D eigenvalue weighted by Gasteiger charge is 2.16. The molecule has 0 aliphatic carbocycles. The van der Waals surface area contributed by atoms with Crippen molar-refractivity contribution in [2.24, 2.45) is 0 Å². The molecule has 130 valence electrons. The van der Waals surface area contributed by atoms with Crippen molar-refractivity contribution in [3.8, 4) is 5.75 Å². The molecule has 1 aliphatic heterocycles. The number of nitrogens with zero attached hydrogens (tertiary/aromatic N) is 2. The third-order valence-corrected chi connectivity index (χ3v) is 4.41. The summed E-state index contributed by atoms with van der Waals surface area (Å²) in [6.45, 7) is 0.842. The minimum Gasteiger partial charge on any atom is -0.505 e. The number of hydrogen-bond donors (Lipinski definition) is 2. The van der Waals surface area contributed by atoms with Gasteiger partial charge in [-0.05, 0) is 53.7 Å². The number of nitrogens with one attached hydrogen (secondary N) is 1. The van der Waals surface area contributed by atoms with Crippen LogP contribution in [0.5, 0.6) is 5.75 Å². The van der Waals surface area contributed by atoms with Gasteiger partial charge in [0.2, 0.25) is 5.95 Å². The summed E-state index contributed by atoms with van der Waals surface area (Å²) in [6.07, 6.45) is 5.90. The molecule has 1 atom stereocenters. The normalized spacial score (nSPS) is 16.7. The second-order valence-corrected chi connectivity index (χ2v) is 6.31. The number of hydrogen-bond acceptors (Lipinski definition) is 5. The topological polar surface area (TPSA) is 67.3 Å². The Bertz CT molecular complexity index is 699. The van der Waals surface area contributed by atoms with Gasteiger partial charge < -0.3 is 15.2 Å². The van der Waals surface area contributed by atoms with Gasteiger partial charge in [-0.2, -0.15) is 0 Å².